The van der Waals surface area contributed by atoms with Crippen LogP contribution in [0.2, 0.25) is 15.1 Å². The lowest BCUT2D eigenvalue weighted by molar-refractivity contribution is -0.131. The van der Waals surface area contributed by atoms with Crippen LogP contribution in [-0.2, 0) is 17.9 Å². The van der Waals surface area contributed by atoms with Gasteiger partial charge in [0.05, 0.1) is 7.11 Å². The number of aromatic nitrogens is 3. The average Bonchev–Trinajstić information content (AvgIpc) is 3.31. The van der Waals surface area contributed by atoms with Crippen LogP contribution in [-0.4, -0.2) is 33.0 Å². The van der Waals surface area contributed by atoms with Gasteiger partial charge in [-0.25, -0.2) is 4.79 Å². The SMILES string of the molecule is CCn1c(S/C(=C\c2ccc(OCc3ccc(Cl)cc3Cl)c(OC)c2)C(=O)O)nnc1-c1ccc(Cl)cc1. The number of carboxylic acids is 1. The first-order chi connectivity index (χ1) is 18.3. The molecule has 1 N–H and O–H groups in total. The summed E-state index contributed by atoms with van der Waals surface area (Å²) in [6, 6.07) is 17.6. The second kappa shape index (κ2) is 12.6. The van der Waals surface area contributed by atoms with E-state index in [1.54, 1.807) is 54.6 Å². The molecule has 0 unspecified atom stereocenters. The third kappa shape index (κ3) is 6.63. The van der Waals surface area contributed by atoms with Gasteiger partial charge < -0.3 is 19.1 Å². The fraction of sp³-hybridized carbons (Fsp3) is 0.148. The van der Waals surface area contributed by atoms with Gasteiger partial charge in [-0.15, -0.1) is 10.2 Å². The van der Waals surface area contributed by atoms with Gasteiger partial charge in [-0.05, 0) is 78.9 Å². The van der Waals surface area contributed by atoms with E-state index in [9.17, 15) is 9.90 Å². The standard InChI is InChI=1S/C27H22Cl3N3O4S/c1-3-33-25(17-5-8-19(28)9-6-17)31-32-27(33)38-24(26(34)35)13-16-4-11-22(23(12-16)36-2)37-15-18-7-10-20(29)14-21(18)30/h4-14H,3,15H2,1-2H3,(H,34,35)/b24-13-. The lowest BCUT2D eigenvalue weighted by Crippen LogP contribution is -2.03. The zero-order valence-electron chi connectivity index (χ0n) is 20.3. The van der Waals surface area contributed by atoms with E-state index in [1.807, 2.05) is 23.6 Å². The molecule has 1 heterocycles. The van der Waals surface area contributed by atoms with E-state index in [1.165, 1.54) is 7.11 Å². The van der Waals surface area contributed by atoms with Crippen molar-refractivity contribution in [1.82, 2.24) is 14.8 Å². The Morgan fingerprint density at radius 2 is 1.74 bits per heavy atom. The van der Waals surface area contributed by atoms with Gasteiger partial charge in [0, 0.05) is 32.7 Å². The first-order valence-electron chi connectivity index (χ1n) is 11.4. The van der Waals surface area contributed by atoms with Crippen LogP contribution in [0, 0.1) is 0 Å². The fourth-order valence-corrected chi connectivity index (χ4v) is 5.01. The fourth-order valence-electron chi connectivity index (χ4n) is 3.53. The van der Waals surface area contributed by atoms with Crippen LogP contribution in [0.5, 0.6) is 11.5 Å². The average molecular weight is 591 g/mol. The minimum absolute atomic E-state index is 0.0680. The summed E-state index contributed by atoms with van der Waals surface area (Å²) in [5.74, 6) is 0.463. The number of methoxy groups -OCH3 is 1. The Hall–Kier alpha value is -3.17. The smallest absolute Gasteiger partial charge is 0.342 e. The first-order valence-corrected chi connectivity index (χ1v) is 13.3. The van der Waals surface area contributed by atoms with Crippen molar-refractivity contribution in [1.29, 1.82) is 0 Å². The van der Waals surface area contributed by atoms with E-state index in [0.717, 1.165) is 22.9 Å². The Bertz CT molecular complexity index is 1490. The lowest BCUT2D eigenvalue weighted by Gasteiger charge is -2.13. The molecule has 0 atom stereocenters. The topological polar surface area (TPSA) is 86.5 Å². The van der Waals surface area contributed by atoms with Gasteiger partial charge in [0.1, 0.15) is 11.5 Å². The maximum Gasteiger partial charge on any atom is 0.342 e. The maximum atomic E-state index is 12.1. The number of hydrogen-bond donors (Lipinski definition) is 1. The monoisotopic (exact) mass is 589 g/mol. The lowest BCUT2D eigenvalue weighted by atomic mass is 10.2. The highest BCUT2D eigenvalue weighted by molar-refractivity contribution is 8.04. The number of thioether (sulfide) groups is 1. The molecule has 1 aromatic heterocycles. The Morgan fingerprint density at radius 3 is 2.39 bits per heavy atom. The molecule has 0 aliphatic heterocycles. The quantitative estimate of drug-likeness (QED) is 0.149. The van der Waals surface area contributed by atoms with Gasteiger partial charge in [0.25, 0.3) is 0 Å². The van der Waals surface area contributed by atoms with Crippen LogP contribution >= 0.6 is 46.6 Å². The Balaban J connectivity index is 1.57. The molecule has 0 radical (unpaired) electrons. The van der Waals surface area contributed by atoms with Gasteiger partial charge in [-0.3, -0.25) is 0 Å². The van der Waals surface area contributed by atoms with Crippen molar-refractivity contribution < 1.29 is 19.4 Å². The summed E-state index contributed by atoms with van der Waals surface area (Å²) < 4.78 is 13.2. The van der Waals surface area contributed by atoms with Crippen molar-refractivity contribution in [3.63, 3.8) is 0 Å². The van der Waals surface area contributed by atoms with Gasteiger partial charge in [-0.2, -0.15) is 0 Å². The van der Waals surface area contributed by atoms with Gasteiger partial charge >= 0.3 is 5.97 Å². The number of benzene rings is 3. The molecule has 0 bridgehead atoms. The van der Waals surface area contributed by atoms with E-state index < -0.39 is 5.97 Å². The summed E-state index contributed by atoms with van der Waals surface area (Å²) in [5, 5.41) is 20.5. The second-order valence-electron chi connectivity index (χ2n) is 7.91. The summed E-state index contributed by atoms with van der Waals surface area (Å²) in [6.45, 7) is 2.70. The van der Waals surface area contributed by atoms with Crippen LogP contribution in [0.15, 0.2) is 70.7 Å². The molecule has 3 aromatic carbocycles. The molecule has 38 heavy (non-hydrogen) atoms. The molecule has 7 nitrogen and oxygen atoms in total. The van der Waals surface area contributed by atoms with Crippen molar-refractivity contribution >= 4 is 58.6 Å². The van der Waals surface area contributed by atoms with Gasteiger partial charge in [0.15, 0.2) is 22.5 Å². The highest BCUT2D eigenvalue weighted by Crippen LogP contribution is 2.34. The molecule has 0 aliphatic rings. The van der Waals surface area contributed by atoms with E-state index in [4.69, 9.17) is 44.3 Å². The van der Waals surface area contributed by atoms with Crippen LogP contribution in [0.3, 0.4) is 0 Å². The van der Waals surface area contributed by atoms with Gasteiger partial charge in [0.2, 0.25) is 0 Å². The summed E-state index contributed by atoms with van der Waals surface area (Å²) in [7, 11) is 1.51. The van der Waals surface area contributed by atoms with Crippen molar-refractivity contribution in [3.05, 3.63) is 91.8 Å². The molecule has 0 amide bonds. The molecule has 0 saturated heterocycles. The summed E-state index contributed by atoms with van der Waals surface area (Å²) >= 11 is 19.2. The van der Waals surface area contributed by atoms with Crippen molar-refractivity contribution in [2.45, 2.75) is 25.2 Å². The number of rotatable bonds is 10. The van der Waals surface area contributed by atoms with Gasteiger partial charge in [-0.1, -0.05) is 46.9 Å². The number of hydrogen-bond acceptors (Lipinski definition) is 6. The molecular formula is C27H22Cl3N3O4S. The molecule has 196 valence electrons. The normalized spacial score (nSPS) is 11.4. The Morgan fingerprint density at radius 1 is 1.00 bits per heavy atom. The second-order valence-corrected chi connectivity index (χ2v) is 10.2. The maximum absolute atomic E-state index is 12.1. The van der Waals surface area contributed by atoms with E-state index in [2.05, 4.69) is 10.2 Å². The predicted molar refractivity (Wildman–Crippen MR) is 151 cm³/mol. The minimum atomic E-state index is -1.09. The van der Waals surface area contributed by atoms with Crippen LogP contribution in [0.1, 0.15) is 18.1 Å². The van der Waals surface area contributed by atoms with E-state index in [0.29, 0.717) is 49.7 Å². The molecule has 4 rings (SSSR count). The summed E-state index contributed by atoms with van der Waals surface area (Å²) in [6.07, 6.45) is 1.55. The number of carboxylic acid groups (broad SMARTS) is 1. The van der Waals surface area contributed by atoms with Crippen LogP contribution in [0.25, 0.3) is 17.5 Å². The molecule has 0 saturated carbocycles. The summed E-state index contributed by atoms with van der Waals surface area (Å²) in [5.41, 5.74) is 2.21. The van der Waals surface area contributed by atoms with Crippen molar-refractivity contribution in [2.24, 2.45) is 0 Å². The first kappa shape index (κ1) is 27.9. The van der Waals surface area contributed by atoms with Crippen LogP contribution < -0.4 is 9.47 Å². The Labute approximate surface area is 239 Å². The zero-order chi connectivity index (χ0) is 27.2. The summed E-state index contributed by atoms with van der Waals surface area (Å²) in [4.78, 5) is 12.2. The highest BCUT2D eigenvalue weighted by Gasteiger charge is 2.19. The number of ether oxygens (including phenoxy) is 2. The third-order valence-corrected chi connectivity index (χ3v) is 7.27. The van der Waals surface area contributed by atoms with E-state index >= 15 is 0 Å². The third-order valence-electron chi connectivity index (χ3n) is 5.43. The number of halogens is 3. The number of carbonyl (C=O) groups is 1. The van der Waals surface area contributed by atoms with Crippen LogP contribution in [0.4, 0.5) is 0 Å². The zero-order valence-corrected chi connectivity index (χ0v) is 23.4. The highest BCUT2D eigenvalue weighted by atomic mass is 35.5. The Kier molecular flexibility index (Phi) is 9.22. The van der Waals surface area contributed by atoms with E-state index in [-0.39, 0.29) is 11.5 Å². The molecular weight excluding hydrogens is 569 g/mol. The molecule has 0 aliphatic carbocycles. The molecule has 11 heteroatoms. The molecule has 4 aromatic rings. The number of aliphatic carboxylic acids is 1. The minimum Gasteiger partial charge on any atom is -0.493 e. The molecule has 0 fully saturated rings. The number of nitrogens with zero attached hydrogens (tertiary/aromatic N) is 3. The van der Waals surface area contributed by atoms with Crippen molar-refractivity contribution in [2.75, 3.05) is 7.11 Å². The largest absolute Gasteiger partial charge is 0.493 e. The molecule has 0 spiro atoms. The predicted octanol–water partition coefficient (Wildman–Crippen LogP) is 7.73. The van der Waals surface area contributed by atoms with Crippen molar-refractivity contribution in [3.8, 4) is 22.9 Å².